The van der Waals surface area contributed by atoms with Crippen molar-refractivity contribution >= 4 is 17.7 Å². The molecule has 4 aromatic rings. The molecule has 1 amide bonds. The van der Waals surface area contributed by atoms with Crippen LogP contribution in [0.15, 0.2) is 65.5 Å². The van der Waals surface area contributed by atoms with Gasteiger partial charge < -0.3 is 19.0 Å². The largest absolute Gasteiger partial charge is 0.467 e. The number of amides is 1. The van der Waals surface area contributed by atoms with Gasteiger partial charge in [-0.3, -0.25) is 9.48 Å². The third-order valence-corrected chi connectivity index (χ3v) is 5.52. The lowest BCUT2D eigenvalue weighted by atomic mass is 10.1. The maximum Gasteiger partial charge on any atom is 0.338 e. The molecule has 0 aliphatic rings. The Morgan fingerprint density at radius 1 is 1.15 bits per heavy atom. The number of esters is 1. The number of hydrogen-bond acceptors (Lipinski definition) is 6. The Morgan fingerprint density at radius 3 is 2.59 bits per heavy atom. The fraction of sp³-hybridized carbons (Fsp3) is 0.200. The number of hydrogen-bond donors (Lipinski definition) is 1. The van der Waals surface area contributed by atoms with E-state index >= 15 is 0 Å². The highest BCUT2D eigenvalue weighted by Crippen LogP contribution is 2.27. The Balaban J connectivity index is 1.39. The fourth-order valence-electron chi connectivity index (χ4n) is 3.60. The van der Waals surface area contributed by atoms with Crippen LogP contribution in [0.4, 0.5) is 5.82 Å². The third kappa shape index (κ3) is 4.91. The number of nitriles is 1. The molecule has 9 heteroatoms. The van der Waals surface area contributed by atoms with E-state index in [1.165, 1.54) is 0 Å². The minimum Gasteiger partial charge on any atom is -0.467 e. The second kappa shape index (κ2) is 9.92. The molecule has 172 valence electrons. The second-order valence-electron chi connectivity index (χ2n) is 7.74. The van der Waals surface area contributed by atoms with Gasteiger partial charge in [-0.05, 0) is 55.3 Å². The lowest BCUT2D eigenvalue weighted by molar-refractivity contribution is -0.119. The van der Waals surface area contributed by atoms with Crippen molar-refractivity contribution in [2.45, 2.75) is 26.9 Å². The first kappa shape index (κ1) is 22.6. The van der Waals surface area contributed by atoms with E-state index in [2.05, 4.69) is 16.5 Å². The Bertz CT molecular complexity index is 1330. The molecule has 4 rings (SSSR count). The summed E-state index contributed by atoms with van der Waals surface area (Å²) in [6, 6.07) is 14.5. The molecule has 0 radical (unpaired) electrons. The van der Waals surface area contributed by atoms with Crippen LogP contribution in [0.3, 0.4) is 0 Å². The van der Waals surface area contributed by atoms with Gasteiger partial charge in [0.25, 0.3) is 5.91 Å². The molecular weight excluding hydrogens is 434 g/mol. The third-order valence-electron chi connectivity index (χ3n) is 5.52. The van der Waals surface area contributed by atoms with Crippen molar-refractivity contribution in [2.75, 3.05) is 11.9 Å². The second-order valence-corrected chi connectivity index (χ2v) is 7.74. The molecular formula is C25H23N5O4. The van der Waals surface area contributed by atoms with E-state index in [-0.39, 0.29) is 0 Å². The average Bonchev–Trinajstić information content (AvgIpc) is 3.58. The van der Waals surface area contributed by atoms with Crippen LogP contribution in [0.25, 0.3) is 0 Å². The van der Waals surface area contributed by atoms with Gasteiger partial charge in [-0.15, -0.1) is 0 Å². The van der Waals surface area contributed by atoms with Crippen LogP contribution < -0.4 is 5.32 Å². The van der Waals surface area contributed by atoms with Crippen molar-refractivity contribution in [1.82, 2.24) is 14.3 Å². The molecule has 0 aliphatic carbocycles. The van der Waals surface area contributed by atoms with Gasteiger partial charge in [-0.1, -0.05) is 12.1 Å². The minimum absolute atomic E-state index is 0.336. The van der Waals surface area contributed by atoms with Crippen LogP contribution in [0.5, 0.6) is 0 Å². The molecule has 0 spiro atoms. The number of carbonyl (C=O) groups is 2. The predicted molar refractivity (Wildman–Crippen MR) is 123 cm³/mol. The standard InChI is InChI=1S/C25H23N5O4/c1-17-18(2)30(15-21-5-3-12-33-21)24(22(17)13-26)28-23(31)16-34-25(32)20-8-6-19(7-9-20)14-29-11-4-10-27-29/h3-12H,14-16H2,1-2H3,(H,28,31). The van der Waals surface area contributed by atoms with Crippen LogP contribution in [-0.4, -0.2) is 32.8 Å². The summed E-state index contributed by atoms with van der Waals surface area (Å²) in [4.78, 5) is 25.0. The van der Waals surface area contributed by atoms with Crippen molar-refractivity contribution in [3.63, 3.8) is 0 Å². The van der Waals surface area contributed by atoms with Gasteiger partial charge in [0, 0.05) is 18.1 Å². The maximum absolute atomic E-state index is 12.6. The van der Waals surface area contributed by atoms with Gasteiger partial charge in [-0.25, -0.2) is 4.79 Å². The first-order chi connectivity index (χ1) is 16.5. The first-order valence-corrected chi connectivity index (χ1v) is 10.6. The van der Waals surface area contributed by atoms with Gasteiger partial charge in [0.15, 0.2) is 6.61 Å². The summed E-state index contributed by atoms with van der Waals surface area (Å²) in [5.41, 5.74) is 3.26. The summed E-state index contributed by atoms with van der Waals surface area (Å²) < 4.78 is 14.2. The highest BCUT2D eigenvalue weighted by atomic mass is 16.5. The van der Waals surface area contributed by atoms with Crippen molar-refractivity contribution in [3.8, 4) is 6.07 Å². The van der Waals surface area contributed by atoms with Crippen molar-refractivity contribution in [3.05, 3.63) is 94.8 Å². The number of furan rings is 1. The monoisotopic (exact) mass is 457 g/mol. The Labute approximate surface area is 196 Å². The van der Waals surface area contributed by atoms with E-state index in [0.29, 0.717) is 35.8 Å². The van der Waals surface area contributed by atoms with E-state index in [1.807, 2.05) is 44.3 Å². The summed E-state index contributed by atoms with van der Waals surface area (Å²) in [5.74, 6) is -0.128. The smallest absolute Gasteiger partial charge is 0.338 e. The lowest BCUT2D eigenvalue weighted by Gasteiger charge is -2.12. The molecule has 0 saturated heterocycles. The number of aromatic nitrogens is 3. The molecule has 0 aliphatic heterocycles. The Kier molecular flexibility index (Phi) is 6.59. The van der Waals surface area contributed by atoms with E-state index in [1.54, 1.807) is 39.9 Å². The van der Waals surface area contributed by atoms with Crippen LogP contribution in [-0.2, 0) is 22.6 Å². The normalized spacial score (nSPS) is 10.6. The fourth-order valence-corrected chi connectivity index (χ4v) is 3.60. The number of rotatable bonds is 8. The highest BCUT2D eigenvalue weighted by Gasteiger charge is 2.21. The van der Waals surface area contributed by atoms with E-state index in [0.717, 1.165) is 16.8 Å². The van der Waals surface area contributed by atoms with E-state index < -0.39 is 18.5 Å². The van der Waals surface area contributed by atoms with Crippen LogP contribution in [0.1, 0.15) is 38.5 Å². The molecule has 3 heterocycles. The van der Waals surface area contributed by atoms with Crippen molar-refractivity contribution in [1.29, 1.82) is 5.26 Å². The number of anilines is 1. The van der Waals surface area contributed by atoms with Crippen molar-refractivity contribution in [2.24, 2.45) is 0 Å². The molecule has 0 bridgehead atoms. The molecule has 1 aromatic carbocycles. The first-order valence-electron chi connectivity index (χ1n) is 10.6. The highest BCUT2D eigenvalue weighted by molar-refractivity contribution is 5.96. The zero-order valence-corrected chi connectivity index (χ0v) is 18.8. The topological polar surface area (TPSA) is 115 Å². The molecule has 1 N–H and O–H groups in total. The van der Waals surface area contributed by atoms with E-state index in [9.17, 15) is 14.9 Å². The van der Waals surface area contributed by atoms with Crippen LogP contribution >= 0.6 is 0 Å². The molecule has 3 aromatic heterocycles. The van der Waals surface area contributed by atoms with Crippen LogP contribution in [0.2, 0.25) is 0 Å². The zero-order valence-electron chi connectivity index (χ0n) is 18.8. The van der Waals surface area contributed by atoms with Gasteiger partial charge in [0.1, 0.15) is 17.6 Å². The quantitative estimate of drug-likeness (QED) is 0.404. The molecule has 9 nitrogen and oxygen atoms in total. The Hall–Kier alpha value is -4.58. The summed E-state index contributed by atoms with van der Waals surface area (Å²) in [6.45, 7) is 4.13. The molecule has 0 atom stereocenters. The summed E-state index contributed by atoms with van der Waals surface area (Å²) in [5, 5.41) is 16.5. The van der Waals surface area contributed by atoms with Gasteiger partial charge in [-0.2, -0.15) is 10.4 Å². The van der Waals surface area contributed by atoms with Crippen molar-refractivity contribution < 1.29 is 18.7 Å². The van der Waals surface area contributed by atoms with Gasteiger partial charge in [0.05, 0.1) is 30.5 Å². The minimum atomic E-state index is -0.611. The van der Waals surface area contributed by atoms with Gasteiger partial charge in [0.2, 0.25) is 0 Å². The van der Waals surface area contributed by atoms with Gasteiger partial charge >= 0.3 is 5.97 Å². The summed E-state index contributed by atoms with van der Waals surface area (Å²) in [6.07, 6.45) is 5.12. The lowest BCUT2D eigenvalue weighted by Crippen LogP contribution is -2.23. The van der Waals surface area contributed by atoms with Crippen LogP contribution in [0, 0.1) is 25.2 Å². The summed E-state index contributed by atoms with van der Waals surface area (Å²) in [7, 11) is 0. The number of nitrogens with zero attached hydrogens (tertiary/aromatic N) is 4. The molecule has 0 fully saturated rings. The predicted octanol–water partition coefficient (Wildman–Crippen LogP) is 3.66. The molecule has 34 heavy (non-hydrogen) atoms. The van der Waals surface area contributed by atoms with E-state index in [4.69, 9.17) is 9.15 Å². The Morgan fingerprint density at radius 2 is 1.94 bits per heavy atom. The zero-order chi connectivity index (χ0) is 24.1. The maximum atomic E-state index is 12.6. The number of ether oxygens (including phenoxy) is 1. The number of benzene rings is 1. The number of carbonyl (C=O) groups excluding carboxylic acids is 2. The molecule has 0 saturated carbocycles. The average molecular weight is 457 g/mol. The molecule has 0 unspecified atom stereocenters. The number of nitrogens with one attached hydrogen (secondary N) is 1. The summed E-state index contributed by atoms with van der Waals surface area (Å²) >= 11 is 0. The SMILES string of the molecule is Cc1c(C#N)c(NC(=O)COC(=O)c2ccc(Cn3cccn3)cc2)n(Cc2ccco2)c1C.